The Labute approximate surface area is 558 Å². The van der Waals surface area contributed by atoms with E-state index in [4.69, 9.17) is 18.9 Å². The monoisotopic (exact) mass is 1260 g/mol. The van der Waals surface area contributed by atoms with Gasteiger partial charge in [0.05, 0.1) is 40.3 Å². The van der Waals surface area contributed by atoms with E-state index < -0.39 is 24.3 Å². The third-order valence-electron chi connectivity index (χ3n) is 14.6. The Bertz CT molecular complexity index is 2150. The SMILES string of the molecule is CC/C=C\C/C=C\C/C=C\C/C=C\C/C=C\C/C=C\C/C=C\C/C=C\C/C=C\C/C=C\CCCCCCC(=O)OC(COC(=O)CCCCCCCCCCCCCCCCC/C=C\C/C=C\C/C=C\C/C=C\C/C=C\CC)COC(OCC[N+](C)(C)C)C(=O)[O-]. The van der Waals surface area contributed by atoms with E-state index in [1.165, 1.54) is 83.5 Å². The van der Waals surface area contributed by atoms with Crippen LogP contribution in [0.2, 0.25) is 0 Å². The Morgan fingerprint density at radius 1 is 0.330 bits per heavy atom. The molecule has 0 rings (SSSR count). The number of hydrogen-bond acceptors (Lipinski definition) is 8. The van der Waals surface area contributed by atoms with Gasteiger partial charge in [0.15, 0.2) is 12.4 Å². The van der Waals surface area contributed by atoms with Gasteiger partial charge in [-0.05, 0) is 135 Å². The summed E-state index contributed by atoms with van der Waals surface area (Å²) in [4.78, 5) is 37.5. The molecule has 0 aromatic heterocycles. The molecule has 9 heteroatoms. The smallest absolute Gasteiger partial charge is 0.306 e. The van der Waals surface area contributed by atoms with Crippen molar-refractivity contribution in [1.29, 1.82) is 0 Å². The summed E-state index contributed by atoms with van der Waals surface area (Å²) in [6.07, 6.45) is 104. The van der Waals surface area contributed by atoms with Gasteiger partial charge in [-0.15, -0.1) is 0 Å². The van der Waals surface area contributed by atoms with Crippen LogP contribution in [0, 0.1) is 0 Å². The lowest BCUT2D eigenvalue weighted by Crippen LogP contribution is -2.44. The molecule has 9 nitrogen and oxygen atoms in total. The highest BCUT2D eigenvalue weighted by molar-refractivity contribution is 5.70. The standard InChI is InChI=1S/C82H131NO8/c1-6-8-10-12-14-16-18-20-22-24-26-28-30-32-34-36-38-39-40-41-43-45-47-49-51-53-55-57-59-61-63-65-67-69-71-73-80(85)91-78(77-90-82(81(86)87)88-75-74-83(3,4)5)76-89-79(84)72-70-68-66-64-62-60-58-56-54-52-50-48-46-44-42-37-35-33-31-29-27-25-23-21-19-17-15-13-11-9-7-2/h8-11,14-17,20-23,26-29,32-35,38-39,41,43,47,49,53,55,59,61,78,82H,6-7,12-13,18-19,24-25,30-31,36-37,40,42,44-46,48,50-52,54,56-58,60,62-77H2,1-5H3/b10-8-,11-9-,16-14-,17-15-,22-20-,23-21-,28-26-,29-27-,34-32-,35-33-,39-38-,43-41-,49-47-,55-53-,61-59-. The third kappa shape index (κ3) is 71.7. The molecule has 0 aliphatic rings. The Morgan fingerprint density at radius 3 is 0.879 bits per heavy atom. The molecule has 2 atom stereocenters. The lowest BCUT2D eigenvalue weighted by atomic mass is 10.0. The summed E-state index contributed by atoms with van der Waals surface area (Å²) >= 11 is 0. The fourth-order valence-electron chi connectivity index (χ4n) is 9.24. The summed E-state index contributed by atoms with van der Waals surface area (Å²) in [6.45, 7) is 4.48. The van der Waals surface area contributed by atoms with E-state index in [1.54, 1.807) is 0 Å². The molecule has 0 fully saturated rings. The summed E-state index contributed by atoms with van der Waals surface area (Å²) < 4.78 is 22.8. The lowest BCUT2D eigenvalue weighted by molar-refractivity contribution is -0.870. The molecule has 0 aliphatic carbocycles. The van der Waals surface area contributed by atoms with E-state index >= 15 is 0 Å². The molecule has 0 aromatic carbocycles. The first kappa shape index (κ1) is 85.4. The van der Waals surface area contributed by atoms with Crippen LogP contribution < -0.4 is 5.11 Å². The summed E-state index contributed by atoms with van der Waals surface area (Å²) in [6, 6.07) is 0. The van der Waals surface area contributed by atoms with Gasteiger partial charge in [0.1, 0.15) is 13.2 Å². The van der Waals surface area contributed by atoms with Gasteiger partial charge in [-0.25, -0.2) is 0 Å². The van der Waals surface area contributed by atoms with Gasteiger partial charge in [-0.2, -0.15) is 0 Å². The van der Waals surface area contributed by atoms with Crippen LogP contribution in [0.3, 0.4) is 0 Å². The van der Waals surface area contributed by atoms with Gasteiger partial charge in [0.2, 0.25) is 0 Å². The number of aliphatic carboxylic acids is 1. The van der Waals surface area contributed by atoms with Crippen LogP contribution in [-0.2, 0) is 33.3 Å². The van der Waals surface area contributed by atoms with E-state index in [1.807, 2.05) is 21.1 Å². The number of carbonyl (C=O) groups is 3. The van der Waals surface area contributed by atoms with Gasteiger partial charge in [0, 0.05) is 12.8 Å². The van der Waals surface area contributed by atoms with Crippen LogP contribution in [0.25, 0.3) is 0 Å². The predicted molar refractivity (Wildman–Crippen MR) is 388 cm³/mol. The van der Waals surface area contributed by atoms with E-state index in [0.717, 1.165) is 141 Å². The van der Waals surface area contributed by atoms with Crippen LogP contribution in [0.5, 0.6) is 0 Å². The molecule has 0 radical (unpaired) electrons. The van der Waals surface area contributed by atoms with Gasteiger partial charge < -0.3 is 33.3 Å². The number of allylic oxidation sites excluding steroid dienone is 30. The van der Waals surface area contributed by atoms with Crippen LogP contribution in [0.15, 0.2) is 182 Å². The van der Waals surface area contributed by atoms with E-state index in [0.29, 0.717) is 17.4 Å². The molecule has 0 amide bonds. The molecule has 0 aromatic rings. The van der Waals surface area contributed by atoms with Crippen LogP contribution in [0.1, 0.15) is 258 Å². The van der Waals surface area contributed by atoms with Crippen molar-refractivity contribution < 1.29 is 42.9 Å². The number of nitrogens with zero attached hydrogens (tertiary/aromatic N) is 1. The average Bonchev–Trinajstić information content (AvgIpc) is 3.46. The zero-order valence-corrected chi connectivity index (χ0v) is 58.4. The highest BCUT2D eigenvalue weighted by Crippen LogP contribution is 2.16. The van der Waals surface area contributed by atoms with Crippen molar-refractivity contribution in [2.24, 2.45) is 0 Å². The second-order valence-corrected chi connectivity index (χ2v) is 24.4. The molecule has 0 bridgehead atoms. The topological polar surface area (TPSA) is 111 Å². The Kier molecular flexibility index (Phi) is 65.9. The average molecular weight is 1260 g/mol. The first-order valence-corrected chi connectivity index (χ1v) is 35.9. The summed E-state index contributed by atoms with van der Waals surface area (Å²) in [5, 5.41) is 11.8. The molecular formula is C82H131NO8. The predicted octanol–water partition coefficient (Wildman–Crippen LogP) is 21.5. The highest BCUT2D eigenvalue weighted by atomic mass is 16.7. The number of ether oxygens (including phenoxy) is 4. The van der Waals surface area contributed by atoms with Gasteiger partial charge >= 0.3 is 11.9 Å². The van der Waals surface area contributed by atoms with Crippen molar-refractivity contribution in [1.82, 2.24) is 0 Å². The second-order valence-electron chi connectivity index (χ2n) is 24.4. The fourth-order valence-corrected chi connectivity index (χ4v) is 9.24. The van der Waals surface area contributed by atoms with Gasteiger partial charge in [-0.3, -0.25) is 9.59 Å². The quantitative estimate of drug-likeness (QED) is 0.0195. The largest absolute Gasteiger partial charge is 0.545 e. The van der Waals surface area contributed by atoms with E-state index in [2.05, 4.69) is 196 Å². The maximum absolute atomic E-state index is 12.9. The fraction of sp³-hybridized carbons (Fsp3) is 0.598. The molecule has 91 heavy (non-hydrogen) atoms. The molecule has 0 heterocycles. The van der Waals surface area contributed by atoms with E-state index in [9.17, 15) is 19.5 Å². The number of carboxylic acid groups (broad SMARTS) is 1. The molecule has 0 N–H and O–H groups in total. The maximum atomic E-state index is 12.9. The summed E-state index contributed by atoms with van der Waals surface area (Å²) in [5.41, 5.74) is 0. The van der Waals surface area contributed by atoms with Crippen LogP contribution >= 0.6 is 0 Å². The van der Waals surface area contributed by atoms with Gasteiger partial charge in [0.25, 0.3) is 0 Å². The Morgan fingerprint density at radius 2 is 0.593 bits per heavy atom. The minimum atomic E-state index is -1.64. The maximum Gasteiger partial charge on any atom is 0.306 e. The number of quaternary nitrogens is 1. The zero-order chi connectivity index (χ0) is 66.1. The number of esters is 2. The van der Waals surface area contributed by atoms with E-state index in [-0.39, 0.29) is 38.6 Å². The molecule has 512 valence electrons. The highest BCUT2D eigenvalue weighted by Gasteiger charge is 2.22. The van der Waals surface area contributed by atoms with Crippen LogP contribution in [-0.4, -0.2) is 82.3 Å². The molecule has 0 spiro atoms. The van der Waals surface area contributed by atoms with Gasteiger partial charge in [-0.1, -0.05) is 292 Å². The lowest BCUT2D eigenvalue weighted by Gasteiger charge is -2.26. The van der Waals surface area contributed by atoms with Crippen molar-refractivity contribution in [3.63, 3.8) is 0 Å². The molecule has 0 saturated carbocycles. The first-order valence-electron chi connectivity index (χ1n) is 35.9. The third-order valence-corrected chi connectivity index (χ3v) is 14.6. The first-order chi connectivity index (χ1) is 44.6. The number of rotatable bonds is 64. The molecule has 0 saturated heterocycles. The van der Waals surface area contributed by atoms with Crippen molar-refractivity contribution in [2.45, 2.75) is 270 Å². The summed E-state index contributed by atoms with van der Waals surface area (Å²) in [7, 11) is 5.91. The second kappa shape index (κ2) is 70.3. The number of carbonyl (C=O) groups excluding carboxylic acids is 3. The van der Waals surface area contributed by atoms with Crippen molar-refractivity contribution >= 4 is 17.9 Å². The molecule has 0 aliphatic heterocycles. The van der Waals surface area contributed by atoms with Crippen LogP contribution in [0.4, 0.5) is 0 Å². The molecular weight excluding hydrogens is 1130 g/mol. The zero-order valence-electron chi connectivity index (χ0n) is 58.4. The van der Waals surface area contributed by atoms with Crippen molar-refractivity contribution in [3.8, 4) is 0 Å². The summed E-state index contributed by atoms with van der Waals surface area (Å²) in [5.74, 6) is -2.33. The number of unbranched alkanes of at least 4 members (excludes halogenated alkanes) is 19. The number of likely N-dealkylation sites (N-methyl/N-ethyl adjacent to an activating group) is 1. The van der Waals surface area contributed by atoms with Crippen molar-refractivity contribution in [3.05, 3.63) is 182 Å². The minimum absolute atomic E-state index is 0.133. The minimum Gasteiger partial charge on any atom is -0.545 e. The molecule has 2 unspecified atom stereocenters. The normalized spacial score (nSPS) is 13.8. The Hall–Kier alpha value is -5.61. The number of hydrogen-bond donors (Lipinski definition) is 0. The Balaban J connectivity index is 4.23. The number of carboxylic acids is 1. The van der Waals surface area contributed by atoms with Crippen molar-refractivity contribution in [2.75, 3.05) is 47.5 Å².